The van der Waals surface area contributed by atoms with Gasteiger partial charge in [-0.2, -0.15) is 4.98 Å². The normalized spacial score (nSPS) is 11.0. The lowest BCUT2D eigenvalue weighted by Crippen LogP contribution is -1.89. The van der Waals surface area contributed by atoms with Gasteiger partial charge in [0.1, 0.15) is 6.42 Å². The van der Waals surface area contributed by atoms with Gasteiger partial charge in [0, 0.05) is 15.6 Å². The largest absolute Gasteiger partial charge is 0.420 e. The SMILES string of the molecule is Cc1cccc(-c2noc(Cc3nnc(-c4cccc(Br)c4)o3)n2)c1. The zero-order chi connectivity index (χ0) is 17.2. The molecule has 0 amide bonds. The Kier molecular flexibility index (Phi) is 4.15. The molecule has 0 aliphatic heterocycles. The Hall–Kier alpha value is -2.80. The van der Waals surface area contributed by atoms with E-state index in [0.717, 1.165) is 21.2 Å². The highest BCUT2D eigenvalue weighted by molar-refractivity contribution is 9.10. The first-order chi connectivity index (χ1) is 12.2. The van der Waals surface area contributed by atoms with Gasteiger partial charge in [0.05, 0.1) is 0 Å². The van der Waals surface area contributed by atoms with Crippen LogP contribution in [0.5, 0.6) is 0 Å². The monoisotopic (exact) mass is 396 g/mol. The maximum absolute atomic E-state index is 5.69. The molecule has 25 heavy (non-hydrogen) atoms. The summed E-state index contributed by atoms with van der Waals surface area (Å²) in [6.07, 6.45) is 0.291. The Morgan fingerprint density at radius 3 is 2.64 bits per heavy atom. The van der Waals surface area contributed by atoms with Gasteiger partial charge in [0.2, 0.25) is 23.5 Å². The van der Waals surface area contributed by atoms with Gasteiger partial charge in [0.15, 0.2) is 0 Å². The van der Waals surface area contributed by atoms with E-state index in [0.29, 0.717) is 29.9 Å². The van der Waals surface area contributed by atoms with Gasteiger partial charge >= 0.3 is 0 Å². The van der Waals surface area contributed by atoms with Gasteiger partial charge in [-0.15, -0.1) is 10.2 Å². The number of aryl methyl sites for hydroxylation is 1. The van der Waals surface area contributed by atoms with Crippen molar-refractivity contribution in [2.75, 3.05) is 0 Å². The van der Waals surface area contributed by atoms with Crippen molar-refractivity contribution >= 4 is 15.9 Å². The van der Waals surface area contributed by atoms with Gasteiger partial charge in [-0.05, 0) is 31.2 Å². The highest BCUT2D eigenvalue weighted by atomic mass is 79.9. The average molecular weight is 397 g/mol. The molecule has 0 saturated carbocycles. The van der Waals surface area contributed by atoms with Crippen LogP contribution < -0.4 is 0 Å². The van der Waals surface area contributed by atoms with E-state index >= 15 is 0 Å². The highest BCUT2D eigenvalue weighted by Gasteiger charge is 2.14. The molecule has 0 radical (unpaired) electrons. The van der Waals surface area contributed by atoms with E-state index < -0.39 is 0 Å². The molecule has 0 N–H and O–H groups in total. The standard InChI is InChI=1S/C18H13BrN4O2/c1-11-4-2-5-12(8-11)17-20-15(25-23-17)10-16-21-22-18(24-16)13-6-3-7-14(19)9-13/h2-9H,10H2,1H3. The fourth-order valence-electron chi connectivity index (χ4n) is 2.42. The number of hydrogen-bond donors (Lipinski definition) is 0. The van der Waals surface area contributed by atoms with Crippen LogP contribution in [0.15, 0.2) is 61.9 Å². The summed E-state index contributed by atoms with van der Waals surface area (Å²) in [4.78, 5) is 4.40. The number of benzene rings is 2. The van der Waals surface area contributed by atoms with Gasteiger partial charge in [0.25, 0.3) is 0 Å². The third-order valence-corrected chi connectivity index (χ3v) is 4.08. The van der Waals surface area contributed by atoms with Gasteiger partial charge < -0.3 is 8.94 Å². The molecule has 0 aliphatic rings. The lowest BCUT2D eigenvalue weighted by Gasteiger charge is -1.95. The van der Waals surface area contributed by atoms with E-state index in [1.165, 1.54) is 0 Å². The summed E-state index contributed by atoms with van der Waals surface area (Å²) < 4.78 is 11.9. The van der Waals surface area contributed by atoms with Crippen LogP contribution in [0.3, 0.4) is 0 Å². The van der Waals surface area contributed by atoms with Crippen molar-refractivity contribution in [2.24, 2.45) is 0 Å². The summed E-state index contributed by atoms with van der Waals surface area (Å²) in [5.74, 6) is 1.86. The molecule has 0 aliphatic carbocycles. The van der Waals surface area contributed by atoms with E-state index in [-0.39, 0.29) is 0 Å². The van der Waals surface area contributed by atoms with Gasteiger partial charge in [-0.25, -0.2) is 0 Å². The predicted octanol–water partition coefficient (Wildman–Crippen LogP) is 4.45. The zero-order valence-electron chi connectivity index (χ0n) is 13.3. The summed E-state index contributed by atoms with van der Waals surface area (Å²) in [7, 11) is 0. The summed E-state index contributed by atoms with van der Waals surface area (Å²) in [5.41, 5.74) is 2.90. The molecule has 0 unspecified atom stereocenters. The highest BCUT2D eigenvalue weighted by Crippen LogP contribution is 2.23. The molecular weight excluding hydrogens is 384 g/mol. The molecule has 0 saturated heterocycles. The van der Waals surface area contributed by atoms with E-state index in [1.54, 1.807) is 0 Å². The second kappa shape index (κ2) is 6.60. The Labute approximate surface area is 152 Å². The summed E-state index contributed by atoms with van der Waals surface area (Å²) in [6, 6.07) is 15.6. The van der Waals surface area contributed by atoms with Gasteiger partial charge in [-0.1, -0.05) is 50.9 Å². The molecule has 124 valence electrons. The fraction of sp³-hybridized carbons (Fsp3) is 0.111. The lowest BCUT2D eigenvalue weighted by atomic mass is 10.1. The number of halogens is 1. The van der Waals surface area contributed by atoms with Crippen LogP contribution in [-0.2, 0) is 6.42 Å². The summed E-state index contributed by atoms with van der Waals surface area (Å²) >= 11 is 3.43. The molecule has 4 rings (SSSR count). The maximum atomic E-state index is 5.69. The van der Waals surface area contributed by atoms with Crippen molar-refractivity contribution in [1.29, 1.82) is 0 Å². The maximum Gasteiger partial charge on any atom is 0.247 e. The van der Waals surface area contributed by atoms with Crippen LogP contribution in [0.25, 0.3) is 22.8 Å². The Morgan fingerprint density at radius 2 is 1.80 bits per heavy atom. The van der Waals surface area contributed by atoms with Crippen molar-refractivity contribution in [3.63, 3.8) is 0 Å². The molecular formula is C18H13BrN4O2. The van der Waals surface area contributed by atoms with E-state index in [1.807, 2.05) is 55.5 Å². The van der Waals surface area contributed by atoms with Crippen molar-refractivity contribution in [3.8, 4) is 22.8 Å². The van der Waals surface area contributed by atoms with Crippen LogP contribution in [-0.4, -0.2) is 20.3 Å². The molecule has 6 nitrogen and oxygen atoms in total. The van der Waals surface area contributed by atoms with Crippen LogP contribution in [0.4, 0.5) is 0 Å². The summed E-state index contributed by atoms with van der Waals surface area (Å²) in [6.45, 7) is 2.02. The molecule has 0 bridgehead atoms. The van der Waals surface area contributed by atoms with Crippen LogP contribution >= 0.6 is 15.9 Å². The van der Waals surface area contributed by atoms with Crippen molar-refractivity contribution in [2.45, 2.75) is 13.3 Å². The average Bonchev–Trinajstić information content (AvgIpc) is 3.25. The predicted molar refractivity (Wildman–Crippen MR) is 94.7 cm³/mol. The molecule has 0 spiro atoms. The second-order valence-electron chi connectivity index (χ2n) is 5.57. The minimum absolute atomic E-state index is 0.291. The van der Waals surface area contributed by atoms with Crippen molar-refractivity contribution < 1.29 is 8.94 Å². The Balaban J connectivity index is 1.54. The number of aromatic nitrogens is 4. The zero-order valence-corrected chi connectivity index (χ0v) is 14.9. The first-order valence-electron chi connectivity index (χ1n) is 7.65. The van der Waals surface area contributed by atoms with E-state index in [4.69, 9.17) is 8.94 Å². The quantitative estimate of drug-likeness (QED) is 0.506. The topological polar surface area (TPSA) is 77.8 Å². The minimum atomic E-state index is 0.291. The molecule has 2 aromatic carbocycles. The molecule has 2 heterocycles. The number of rotatable bonds is 4. The Bertz CT molecular complexity index is 943. The van der Waals surface area contributed by atoms with Crippen molar-refractivity contribution in [1.82, 2.24) is 20.3 Å². The van der Waals surface area contributed by atoms with Crippen LogP contribution in [0.2, 0.25) is 0 Å². The summed E-state index contributed by atoms with van der Waals surface area (Å²) in [5, 5.41) is 12.1. The molecule has 4 aromatic rings. The molecule has 7 heteroatoms. The molecule has 0 fully saturated rings. The lowest BCUT2D eigenvalue weighted by molar-refractivity contribution is 0.374. The van der Waals surface area contributed by atoms with Crippen LogP contribution in [0, 0.1) is 6.92 Å². The first-order valence-corrected chi connectivity index (χ1v) is 8.44. The van der Waals surface area contributed by atoms with E-state index in [2.05, 4.69) is 36.3 Å². The van der Waals surface area contributed by atoms with E-state index in [9.17, 15) is 0 Å². The number of hydrogen-bond acceptors (Lipinski definition) is 6. The second-order valence-corrected chi connectivity index (χ2v) is 6.48. The van der Waals surface area contributed by atoms with Crippen molar-refractivity contribution in [3.05, 3.63) is 70.3 Å². The molecule has 2 aromatic heterocycles. The first kappa shape index (κ1) is 15.7. The third-order valence-electron chi connectivity index (χ3n) is 3.59. The fourth-order valence-corrected chi connectivity index (χ4v) is 2.82. The van der Waals surface area contributed by atoms with Crippen LogP contribution in [0.1, 0.15) is 17.3 Å². The van der Waals surface area contributed by atoms with Gasteiger partial charge in [-0.3, -0.25) is 0 Å². The third kappa shape index (κ3) is 3.51. The number of nitrogens with zero attached hydrogens (tertiary/aromatic N) is 4. The smallest absolute Gasteiger partial charge is 0.247 e. The Morgan fingerprint density at radius 1 is 0.960 bits per heavy atom. The minimum Gasteiger partial charge on any atom is -0.420 e. The molecule has 0 atom stereocenters.